The summed E-state index contributed by atoms with van der Waals surface area (Å²) in [5.41, 5.74) is 3.37. The van der Waals surface area contributed by atoms with E-state index < -0.39 is 11.2 Å². The lowest BCUT2D eigenvalue weighted by Crippen LogP contribution is -2.26. The molecule has 4 atom stereocenters. The van der Waals surface area contributed by atoms with Crippen LogP contribution in [-0.2, 0) is 27.2 Å². The normalized spacial score (nSPS) is 18.5. The number of rotatable bonds is 19. The zero-order chi connectivity index (χ0) is 33.0. The number of allylic oxidation sites excluding steroid dienone is 2. The van der Waals surface area contributed by atoms with Gasteiger partial charge in [0.05, 0.1) is 11.3 Å². The van der Waals surface area contributed by atoms with E-state index in [2.05, 4.69) is 32.9 Å². The van der Waals surface area contributed by atoms with Crippen LogP contribution in [0, 0.1) is 5.92 Å². The average Bonchev–Trinajstić information content (AvgIpc) is 3.48. The third kappa shape index (κ3) is 14.7. The fourth-order valence-corrected chi connectivity index (χ4v) is 7.81. The number of oxime groups is 1. The summed E-state index contributed by atoms with van der Waals surface area (Å²) in [6, 6.07) is 6.01. The zero-order valence-electron chi connectivity index (χ0n) is 27.9. The summed E-state index contributed by atoms with van der Waals surface area (Å²) < 4.78 is 23.0. The van der Waals surface area contributed by atoms with Crippen LogP contribution < -0.4 is 9.47 Å². The van der Waals surface area contributed by atoms with Gasteiger partial charge in [-0.25, -0.2) is 0 Å². The van der Waals surface area contributed by atoms with Crippen molar-refractivity contribution in [2.24, 2.45) is 11.1 Å². The Hall–Kier alpha value is -1.81. The van der Waals surface area contributed by atoms with Gasteiger partial charge in [-0.2, -0.15) is 11.8 Å². The van der Waals surface area contributed by atoms with Crippen LogP contribution in [0.5, 0.6) is 11.5 Å². The van der Waals surface area contributed by atoms with Crippen molar-refractivity contribution in [3.05, 3.63) is 46.7 Å². The van der Waals surface area contributed by atoms with E-state index in [-0.39, 0.29) is 29.3 Å². The van der Waals surface area contributed by atoms with Crippen LogP contribution in [-0.4, -0.2) is 56.6 Å². The molecule has 7 nitrogen and oxygen atoms in total. The summed E-state index contributed by atoms with van der Waals surface area (Å²) >= 11 is 6.55. The van der Waals surface area contributed by atoms with Gasteiger partial charge in [0.15, 0.2) is 17.3 Å². The predicted octanol–water partition coefficient (Wildman–Crippen LogP) is 9.30. The van der Waals surface area contributed by atoms with Crippen LogP contribution in [0.1, 0.15) is 104 Å². The molecule has 254 valence electrons. The largest absolute Gasteiger partial charge is 0.616 e. The molecular weight excluding hydrogens is 630 g/mol. The highest BCUT2D eigenvalue weighted by Gasteiger charge is 2.31. The standard InChI is InChI=1S/C18H28O3S.C17H26ClNO3S/c1-3-4-5-6-7-8-11-22(19)15(2)12-16-9-10-17-18(13-16)21-14-20-17;1-4-14(19-22-8-6-7-18)17-15(20)10-13(11-16(17)21)9-12(3)23-5-2/h9-10,13,15H,3-8,11-12,14H2,1-2H3;6-7,12-13,20H,4-5,8-11H2,1-3H3/b;7-6+,19-14+. The molecule has 1 heterocycles. The smallest absolute Gasteiger partial charge is 0.231 e. The van der Waals surface area contributed by atoms with Crippen molar-refractivity contribution in [1.29, 1.82) is 0 Å². The molecule has 0 saturated heterocycles. The Morgan fingerprint density at radius 2 is 1.89 bits per heavy atom. The van der Waals surface area contributed by atoms with Gasteiger partial charge >= 0.3 is 0 Å². The van der Waals surface area contributed by atoms with Crippen molar-refractivity contribution >= 4 is 46.0 Å². The SMILES string of the molecule is CCCCCCCC[S+]([O-])C(C)Cc1ccc2c(c1)OCO2.CCSC(C)CC1CC(=O)C(/C(CC)=N/OC/C=C/Cl)=C(O)C1. The molecule has 3 rings (SSSR count). The molecule has 0 saturated carbocycles. The number of aliphatic hydroxyl groups excluding tert-OH is 1. The average molecular weight is 684 g/mol. The van der Waals surface area contributed by atoms with Crippen molar-refractivity contribution in [2.45, 2.75) is 116 Å². The van der Waals surface area contributed by atoms with Crippen molar-refractivity contribution in [2.75, 3.05) is 24.9 Å². The number of fused-ring (bicyclic) bond motifs is 1. The maximum absolute atomic E-state index is 12.4. The first-order valence-corrected chi connectivity index (χ1v) is 19.4. The number of carbonyl (C=O) groups is 1. The molecule has 0 bridgehead atoms. The number of halogens is 1. The minimum atomic E-state index is -0.743. The summed E-state index contributed by atoms with van der Waals surface area (Å²) in [4.78, 5) is 17.6. The molecule has 1 aliphatic heterocycles. The second-order valence-electron chi connectivity index (χ2n) is 11.6. The molecule has 1 aromatic carbocycles. The van der Waals surface area contributed by atoms with Crippen molar-refractivity contribution in [3.63, 3.8) is 0 Å². The molecule has 0 radical (unpaired) electrons. The number of carbonyl (C=O) groups excluding carboxylic acids is 1. The summed E-state index contributed by atoms with van der Waals surface area (Å²) in [5, 5.41) is 15.0. The van der Waals surface area contributed by atoms with Crippen molar-refractivity contribution in [1.82, 2.24) is 0 Å². The molecule has 1 aromatic rings. The number of Topliss-reactive ketones (excluding diaryl/α,β-unsaturated/α-hetero) is 1. The molecule has 4 unspecified atom stereocenters. The van der Waals surface area contributed by atoms with E-state index in [0.717, 1.165) is 42.3 Å². The van der Waals surface area contributed by atoms with Crippen molar-refractivity contribution in [3.8, 4) is 11.5 Å². The maximum atomic E-state index is 12.4. The number of aliphatic hydroxyl groups is 1. The van der Waals surface area contributed by atoms with E-state index in [1.165, 1.54) is 43.2 Å². The Bertz CT molecular complexity index is 1110. The number of hydrogen-bond donors (Lipinski definition) is 1. The third-order valence-corrected chi connectivity index (χ3v) is 10.8. The van der Waals surface area contributed by atoms with Gasteiger partial charge in [0.2, 0.25) is 6.79 Å². The van der Waals surface area contributed by atoms with Gasteiger partial charge in [-0.05, 0) is 68.0 Å². The van der Waals surface area contributed by atoms with Crippen LogP contribution in [0.15, 0.2) is 46.3 Å². The molecule has 10 heteroatoms. The van der Waals surface area contributed by atoms with Crippen LogP contribution >= 0.6 is 23.4 Å². The Kier molecular flexibility index (Phi) is 19.8. The van der Waals surface area contributed by atoms with Crippen LogP contribution in [0.2, 0.25) is 0 Å². The lowest BCUT2D eigenvalue weighted by molar-refractivity contribution is -0.116. The first kappa shape index (κ1) is 39.4. The minimum Gasteiger partial charge on any atom is -0.616 e. The number of hydrogen-bond acceptors (Lipinski definition) is 8. The first-order valence-electron chi connectivity index (χ1n) is 16.5. The van der Waals surface area contributed by atoms with Gasteiger partial charge in [0, 0.05) is 30.0 Å². The number of thioether (sulfide) groups is 1. The van der Waals surface area contributed by atoms with Crippen LogP contribution in [0.3, 0.4) is 0 Å². The van der Waals surface area contributed by atoms with Gasteiger partial charge in [0.25, 0.3) is 0 Å². The Morgan fingerprint density at radius 3 is 2.58 bits per heavy atom. The molecular formula is C35H54ClNO6S2. The fourth-order valence-electron chi connectivity index (χ4n) is 5.49. The Labute approximate surface area is 283 Å². The second kappa shape index (κ2) is 22.7. The lowest BCUT2D eigenvalue weighted by atomic mass is 9.82. The van der Waals surface area contributed by atoms with Gasteiger partial charge in [-0.3, -0.25) is 4.79 Å². The molecule has 0 spiro atoms. The molecule has 0 amide bonds. The van der Waals surface area contributed by atoms with Crippen molar-refractivity contribution < 1.29 is 28.8 Å². The van der Waals surface area contributed by atoms with E-state index in [4.69, 9.17) is 25.9 Å². The van der Waals surface area contributed by atoms with Gasteiger partial charge in [0.1, 0.15) is 23.4 Å². The number of ether oxygens (including phenoxy) is 2. The maximum Gasteiger partial charge on any atom is 0.231 e. The van der Waals surface area contributed by atoms with E-state index in [9.17, 15) is 14.5 Å². The quantitative estimate of drug-likeness (QED) is 0.0671. The molecule has 0 aromatic heterocycles. The minimum absolute atomic E-state index is 0.0375. The van der Waals surface area contributed by atoms with Gasteiger partial charge < -0.3 is 24.0 Å². The summed E-state index contributed by atoms with van der Waals surface area (Å²) in [6.07, 6.45) is 12.4. The van der Waals surface area contributed by atoms with Crippen LogP contribution in [0.25, 0.3) is 0 Å². The summed E-state index contributed by atoms with van der Waals surface area (Å²) in [5.74, 6) is 3.84. The first-order chi connectivity index (χ1) is 21.7. The topological polar surface area (TPSA) is 100 Å². The van der Waals surface area contributed by atoms with Gasteiger partial charge in [-0.15, -0.1) is 0 Å². The number of unbranched alkanes of at least 4 members (excludes halogenated alkanes) is 5. The number of nitrogens with zero attached hydrogens (tertiary/aromatic N) is 1. The lowest BCUT2D eigenvalue weighted by Gasteiger charge is -2.25. The van der Waals surface area contributed by atoms with E-state index in [1.807, 2.05) is 36.9 Å². The molecule has 1 aliphatic carbocycles. The summed E-state index contributed by atoms with van der Waals surface area (Å²) in [6.45, 7) is 11.0. The second-order valence-corrected chi connectivity index (χ2v) is 15.6. The van der Waals surface area contributed by atoms with Crippen LogP contribution in [0.4, 0.5) is 0 Å². The zero-order valence-corrected chi connectivity index (χ0v) is 30.2. The Balaban J connectivity index is 0.000000314. The highest BCUT2D eigenvalue weighted by atomic mass is 35.5. The van der Waals surface area contributed by atoms with E-state index in [1.54, 1.807) is 6.08 Å². The van der Waals surface area contributed by atoms with Gasteiger partial charge in [-0.1, -0.05) is 87.4 Å². The molecule has 1 N–H and O–H groups in total. The van der Waals surface area contributed by atoms with E-state index >= 15 is 0 Å². The fraction of sp³-hybridized carbons (Fsp3) is 0.657. The monoisotopic (exact) mass is 683 g/mol. The Morgan fingerprint density at radius 1 is 1.16 bits per heavy atom. The predicted molar refractivity (Wildman–Crippen MR) is 190 cm³/mol. The number of benzene rings is 1. The highest BCUT2D eigenvalue weighted by Crippen LogP contribution is 2.34. The van der Waals surface area contributed by atoms with E-state index in [0.29, 0.717) is 42.6 Å². The number of ketones is 1. The molecule has 0 fully saturated rings. The molecule has 45 heavy (non-hydrogen) atoms. The summed E-state index contributed by atoms with van der Waals surface area (Å²) in [7, 11) is 0. The molecule has 2 aliphatic rings. The highest BCUT2D eigenvalue weighted by molar-refractivity contribution is 7.99. The third-order valence-electron chi connectivity index (χ3n) is 7.81.